The molecule has 0 saturated carbocycles. The van der Waals surface area contributed by atoms with Crippen molar-refractivity contribution in [3.8, 4) is 11.3 Å². The first kappa shape index (κ1) is 9.03. The van der Waals surface area contributed by atoms with Gasteiger partial charge < -0.3 is 10.7 Å². The zero-order chi connectivity index (χ0) is 7.68. The van der Waals surface area contributed by atoms with Gasteiger partial charge in [-0.1, -0.05) is 0 Å². The van der Waals surface area contributed by atoms with Gasteiger partial charge in [0.05, 0.1) is 11.9 Å². The Morgan fingerprint density at radius 1 is 1.42 bits per heavy atom. The van der Waals surface area contributed by atoms with E-state index in [1.807, 2.05) is 18.5 Å². The Balaban J connectivity index is 0.000000720. The van der Waals surface area contributed by atoms with Crippen LogP contribution in [0.25, 0.3) is 11.3 Å². The second-order valence-corrected chi connectivity index (χ2v) is 2.49. The fourth-order valence-electron chi connectivity index (χ4n) is 1.10. The summed E-state index contributed by atoms with van der Waals surface area (Å²) in [6.45, 7) is 0.567. The van der Waals surface area contributed by atoms with Gasteiger partial charge in [-0.25, -0.2) is 0 Å². The molecule has 0 spiro atoms. The van der Waals surface area contributed by atoms with E-state index in [2.05, 4.69) is 9.97 Å². The number of fused-ring (bicyclic) bond motifs is 1. The van der Waals surface area contributed by atoms with Crippen molar-refractivity contribution in [1.82, 2.24) is 9.97 Å². The minimum absolute atomic E-state index is 0. The molecule has 0 bridgehead atoms. The highest BCUT2D eigenvalue weighted by atomic mass is 35.5. The first-order chi connectivity index (χ1) is 5.40. The highest BCUT2D eigenvalue weighted by molar-refractivity contribution is 5.85. The van der Waals surface area contributed by atoms with Gasteiger partial charge in [0, 0.05) is 24.5 Å². The molecular formula is C8H10ClN3. The molecule has 0 unspecified atom stereocenters. The summed E-state index contributed by atoms with van der Waals surface area (Å²) in [4.78, 5) is 7.11. The normalized spacial score (nSPS) is 9.75. The number of nitrogens with zero attached hydrogens (tertiary/aromatic N) is 1. The second-order valence-electron chi connectivity index (χ2n) is 2.49. The molecule has 3 nitrogen and oxygen atoms in total. The molecule has 3 N–H and O–H groups in total. The lowest BCUT2D eigenvalue weighted by atomic mass is 10.2. The Labute approximate surface area is 76.8 Å². The summed E-state index contributed by atoms with van der Waals surface area (Å²) in [5.74, 6) is 0. The summed E-state index contributed by atoms with van der Waals surface area (Å²) in [6, 6.07) is 2.04. The van der Waals surface area contributed by atoms with Crippen LogP contribution in [0.4, 0.5) is 0 Å². The van der Waals surface area contributed by atoms with E-state index in [4.69, 9.17) is 5.73 Å². The van der Waals surface area contributed by atoms with Gasteiger partial charge >= 0.3 is 0 Å². The summed E-state index contributed by atoms with van der Waals surface area (Å²) in [7, 11) is 0. The van der Waals surface area contributed by atoms with E-state index in [0.29, 0.717) is 6.54 Å². The van der Waals surface area contributed by atoms with Gasteiger partial charge in [0.2, 0.25) is 0 Å². The van der Waals surface area contributed by atoms with Gasteiger partial charge in [0.15, 0.2) is 0 Å². The van der Waals surface area contributed by atoms with Crippen molar-refractivity contribution in [2.24, 2.45) is 5.73 Å². The largest absolute Gasteiger partial charge is 0.360 e. The number of hydrogen-bond donors (Lipinski definition) is 2. The van der Waals surface area contributed by atoms with Crippen LogP contribution in [0.3, 0.4) is 0 Å². The number of rotatable bonds is 1. The van der Waals surface area contributed by atoms with Crippen LogP contribution in [-0.2, 0) is 6.54 Å². The molecule has 0 aromatic heterocycles. The molecule has 0 saturated heterocycles. The van der Waals surface area contributed by atoms with Crippen molar-refractivity contribution in [2.75, 3.05) is 0 Å². The van der Waals surface area contributed by atoms with Gasteiger partial charge in [0.25, 0.3) is 0 Å². The van der Waals surface area contributed by atoms with Gasteiger partial charge in [-0.3, -0.25) is 4.98 Å². The Hall–Kier alpha value is -1.06. The Bertz CT molecular complexity index is 331. The minimum Gasteiger partial charge on any atom is -0.360 e. The molecule has 64 valence electrons. The first-order valence-electron chi connectivity index (χ1n) is 3.51. The van der Waals surface area contributed by atoms with E-state index < -0.39 is 0 Å². The van der Waals surface area contributed by atoms with Crippen LogP contribution >= 0.6 is 12.4 Å². The molecule has 12 heavy (non-hydrogen) atoms. The maximum atomic E-state index is 5.47. The van der Waals surface area contributed by atoms with Crippen LogP contribution in [0.1, 0.15) is 5.56 Å². The Morgan fingerprint density at radius 3 is 3.00 bits per heavy atom. The molecule has 0 fully saturated rings. The quantitative estimate of drug-likeness (QED) is 0.702. The number of halogens is 1. The summed E-state index contributed by atoms with van der Waals surface area (Å²) < 4.78 is 0. The number of nitrogens with one attached hydrogen (secondary N) is 1. The van der Waals surface area contributed by atoms with E-state index in [0.717, 1.165) is 16.8 Å². The second kappa shape index (κ2) is 3.56. The van der Waals surface area contributed by atoms with Crippen LogP contribution in [0.15, 0.2) is 24.7 Å². The first-order valence-corrected chi connectivity index (χ1v) is 3.51. The minimum atomic E-state index is 0. The maximum Gasteiger partial charge on any atom is 0.0655 e. The third-order valence-electron chi connectivity index (χ3n) is 1.72. The van der Waals surface area contributed by atoms with Crippen LogP contribution in [-0.4, -0.2) is 9.97 Å². The van der Waals surface area contributed by atoms with Crippen LogP contribution in [0.5, 0.6) is 0 Å². The highest BCUT2D eigenvalue weighted by Crippen LogP contribution is 2.18. The van der Waals surface area contributed by atoms with E-state index in [-0.39, 0.29) is 12.4 Å². The summed E-state index contributed by atoms with van der Waals surface area (Å²) in [6.07, 6.45) is 5.53. The number of aromatic nitrogens is 2. The maximum absolute atomic E-state index is 5.47. The molecule has 2 heterocycles. The molecule has 2 aliphatic heterocycles. The summed E-state index contributed by atoms with van der Waals surface area (Å²) >= 11 is 0. The van der Waals surface area contributed by atoms with Crippen molar-refractivity contribution in [3.05, 3.63) is 30.2 Å². The van der Waals surface area contributed by atoms with E-state index in [1.54, 1.807) is 6.20 Å². The predicted molar refractivity (Wildman–Crippen MR) is 50.3 cm³/mol. The van der Waals surface area contributed by atoms with Crippen LogP contribution < -0.4 is 5.73 Å². The average Bonchev–Trinajstić information content (AvgIpc) is 2.50. The monoisotopic (exact) mass is 183 g/mol. The molecular weight excluding hydrogens is 174 g/mol. The molecule has 2 rings (SSSR count). The zero-order valence-electron chi connectivity index (χ0n) is 6.45. The average molecular weight is 184 g/mol. The standard InChI is InChI=1S/C8H9N3.ClH/c9-2-6-1-7-4-10-5-8(7)11-3-6;/h1,3-5,11H,2,9H2;1H. The number of H-pyrrole nitrogens is 1. The van der Waals surface area contributed by atoms with E-state index >= 15 is 0 Å². The smallest absolute Gasteiger partial charge is 0.0655 e. The summed E-state index contributed by atoms with van der Waals surface area (Å²) in [5.41, 5.74) is 8.75. The molecule has 0 aliphatic carbocycles. The van der Waals surface area contributed by atoms with E-state index in [1.165, 1.54) is 0 Å². The van der Waals surface area contributed by atoms with E-state index in [9.17, 15) is 0 Å². The lowest BCUT2D eigenvalue weighted by Crippen LogP contribution is -1.97. The lowest BCUT2D eigenvalue weighted by Gasteiger charge is -2.00. The fourth-order valence-corrected chi connectivity index (χ4v) is 1.10. The molecule has 0 radical (unpaired) electrons. The van der Waals surface area contributed by atoms with Crippen molar-refractivity contribution in [1.29, 1.82) is 0 Å². The number of hydrogen-bond acceptors (Lipinski definition) is 2. The predicted octanol–water partition coefficient (Wildman–Crippen LogP) is 1.40. The summed E-state index contributed by atoms with van der Waals surface area (Å²) in [5, 5.41) is 0. The zero-order valence-corrected chi connectivity index (χ0v) is 7.27. The lowest BCUT2D eigenvalue weighted by molar-refractivity contribution is 1.05. The fraction of sp³-hybridized carbons (Fsp3) is 0.125. The molecule has 0 amide bonds. The van der Waals surface area contributed by atoms with Gasteiger partial charge in [-0.2, -0.15) is 0 Å². The third-order valence-corrected chi connectivity index (χ3v) is 1.72. The molecule has 0 aromatic rings. The molecule has 4 heteroatoms. The van der Waals surface area contributed by atoms with Crippen LogP contribution in [0.2, 0.25) is 0 Å². The highest BCUT2D eigenvalue weighted by Gasteiger charge is 2.01. The number of pyridine rings is 1. The third kappa shape index (κ3) is 1.42. The molecule has 2 aliphatic rings. The topological polar surface area (TPSA) is 54.7 Å². The molecule has 0 aromatic carbocycles. The van der Waals surface area contributed by atoms with Gasteiger partial charge in [-0.15, -0.1) is 12.4 Å². The molecule has 0 atom stereocenters. The number of aromatic amines is 1. The number of nitrogens with two attached hydrogens (primary N) is 1. The Kier molecular flexibility index (Phi) is 2.68. The van der Waals surface area contributed by atoms with Crippen molar-refractivity contribution in [2.45, 2.75) is 6.54 Å². The van der Waals surface area contributed by atoms with Crippen molar-refractivity contribution < 1.29 is 0 Å². The van der Waals surface area contributed by atoms with Gasteiger partial charge in [0.1, 0.15) is 0 Å². The Morgan fingerprint density at radius 2 is 2.25 bits per heavy atom. The van der Waals surface area contributed by atoms with Crippen molar-refractivity contribution in [3.63, 3.8) is 0 Å². The SMILES string of the molecule is Cl.NCc1c[nH]c2cncc-2c1. The van der Waals surface area contributed by atoms with Crippen molar-refractivity contribution >= 4 is 12.4 Å². The van der Waals surface area contributed by atoms with Crippen LogP contribution in [0, 0.1) is 0 Å². The van der Waals surface area contributed by atoms with Gasteiger partial charge in [-0.05, 0) is 11.6 Å².